The summed E-state index contributed by atoms with van der Waals surface area (Å²) in [6, 6.07) is 23.9. The fourth-order valence-electron chi connectivity index (χ4n) is 4.26. The predicted molar refractivity (Wildman–Crippen MR) is 120 cm³/mol. The molecule has 2 unspecified atom stereocenters. The van der Waals surface area contributed by atoms with E-state index in [0.29, 0.717) is 5.56 Å². The van der Waals surface area contributed by atoms with Gasteiger partial charge in [0.1, 0.15) is 6.04 Å². The number of anilines is 1. The van der Waals surface area contributed by atoms with Crippen LogP contribution in [0.4, 0.5) is 5.69 Å². The zero-order valence-electron chi connectivity index (χ0n) is 17.0. The highest BCUT2D eigenvalue weighted by molar-refractivity contribution is 6.03. The van der Waals surface area contributed by atoms with E-state index in [4.69, 9.17) is 0 Å². The molecule has 1 aliphatic rings. The van der Waals surface area contributed by atoms with Crippen molar-refractivity contribution in [2.24, 2.45) is 0 Å². The van der Waals surface area contributed by atoms with Crippen LogP contribution in [0.1, 0.15) is 34.5 Å². The Morgan fingerprint density at radius 3 is 2.48 bits per heavy atom. The number of nitrogens with one attached hydrogen (secondary N) is 3. The summed E-state index contributed by atoms with van der Waals surface area (Å²) in [6.45, 7) is 1.76. The van der Waals surface area contributed by atoms with Crippen LogP contribution in [0.5, 0.6) is 0 Å². The molecule has 0 saturated heterocycles. The van der Waals surface area contributed by atoms with Crippen molar-refractivity contribution in [2.45, 2.75) is 19.0 Å². The molecule has 4 aromatic rings. The molecule has 5 rings (SSSR count). The van der Waals surface area contributed by atoms with Gasteiger partial charge in [0.2, 0.25) is 0 Å². The van der Waals surface area contributed by atoms with E-state index in [9.17, 15) is 9.59 Å². The van der Waals surface area contributed by atoms with Crippen LogP contribution in [0.15, 0.2) is 85.1 Å². The standard InChI is InChI=1S/C25H22N4O2/c1-16(24(30)28-27-17-9-3-2-4-10-17)29-23(19-12-5-6-13-20(19)25(29)31)21-15-26-22-14-8-7-11-18(21)22/h2-16,23,26-27H,1H3,(H,28,30). The summed E-state index contributed by atoms with van der Waals surface area (Å²) in [5.41, 5.74) is 9.94. The Hall–Kier alpha value is -4.06. The number of aromatic amines is 1. The second-order valence-corrected chi connectivity index (χ2v) is 7.65. The number of para-hydroxylation sites is 2. The molecule has 154 valence electrons. The summed E-state index contributed by atoms with van der Waals surface area (Å²) >= 11 is 0. The van der Waals surface area contributed by atoms with Crippen LogP contribution in [0.25, 0.3) is 10.9 Å². The summed E-state index contributed by atoms with van der Waals surface area (Å²) in [4.78, 5) is 31.3. The van der Waals surface area contributed by atoms with Gasteiger partial charge in [0.05, 0.1) is 11.7 Å². The summed E-state index contributed by atoms with van der Waals surface area (Å²) in [6.07, 6.45) is 1.94. The number of hydrogen-bond acceptors (Lipinski definition) is 3. The Kier molecular flexibility index (Phi) is 4.67. The van der Waals surface area contributed by atoms with Gasteiger partial charge in [0.15, 0.2) is 0 Å². The summed E-state index contributed by atoms with van der Waals surface area (Å²) < 4.78 is 0. The van der Waals surface area contributed by atoms with Gasteiger partial charge in [0.25, 0.3) is 11.8 Å². The lowest BCUT2D eigenvalue weighted by Gasteiger charge is -2.30. The zero-order chi connectivity index (χ0) is 21.4. The number of carbonyl (C=O) groups excluding carboxylic acids is 2. The Morgan fingerprint density at radius 1 is 0.935 bits per heavy atom. The van der Waals surface area contributed by atoms with Crippen molar-refractivity contribution in [1.29, 1.82) is 0 Å². The number of carbonyl (C=O) groups is 2. The van der Waals surface area contributed by atoms with Gasteiger partial charge in [-0.15, -0.1) is 0 Å². The fourth-order valence-corrected chi connectivity index (χ4v) is 4.26. The Bertz CT molecular complexity index is 1260. The average molecular weight is 410 g/mol. The molecule has 0 spiro atoms. The highest BCUT2D eigenvalue weighted by atomic mass is 16.2. The third-order valence-electron chi connectivity index (χ3n) is 5.81. The minimum atomic E-state index is -0.685. The number of hydrogen-bond donors (Lipinski definition) is 3. The molecule has 3 aromatic carbocycles. The van der Waals surface area contributed by atoms with Crippen LogP contribution in [0.3, 0.4) is 0 Å². The largest absolute Gasteiger partial charge is 0.361 e. The highest BCUT2D eigenvalue weighted by Gasteiger charge is 2.43. The fraction of sp³-hybridized carbons (Fsp3) is 0.120. The van der Waals surface area contributed by atoms with Gasteiger partial charge in [-0.3, -0.25) is 20.4 Å². The number of hydrazine groups is 1. The smallest absolute Gasteiger partial charge is 0.260 e. The minimum absolute atomic E-state index is 0.145. The molecule has 31 heavy (non-hydrogen) atoms. The van der Waals surface area contributed by atoms with Crippen molar-refractivity contribution in [2.75, 3.05) is 5.43 Å². The first-order chi connectivity index (χ1) is 15.1. The number of fused-ring (bicyclic) bond motifs is 2. The van der Waals surface area contributed by atoms with Gasteiger partial charge in [-0.05, 0) is 36.8 Å². The van der Waals surface area contributed by atoms with E-state index in [1.54, 1.807) is 11.8 Å². The van der Waals surface area contributed by atoms with Crippen molar-refractivity contribution in [3.8, 4) is 0 Å². The summed E-state index contributed by atoms with van der Waals surface area (Å²) in [5, 5.41) is 1.04. The van der Waals surface area contributed by atoms with Crippen LogP contribution in [0.2, 0.25) is 0 Å². The maximum Gasteiger partial charge on any atom is 0.260 e. The van der Waals surface area contributed by atoms with Gasteiger partial charge in [0, 0.05) is 28.2 Å². The van der Waals surface area contributed by atoms with Crippen molar-refractivity contribution in [3.05, 3.63) is 102 Å². The molecule has 3 N–H and O–H groups in total. The lowest BCUT2D eigenvalue weighted by molar-refractivity contribution is -0.125. The minimum Gasteiger partial charge on any atom is -0.361 e. The lowest BCUT2D eigenvalue weighted by Crippen LogP contribution is -2.48. The molecule has 2 amide bonds. The monoisotopic (exact) mass is 410 g/mol. The van der Waals surface area contributed by atoms with Gasteiger partial charge in [-0.25, -0.2) is 0 Å². The molecule has 2 atom stereocenters. The maximum atomic E-state index is 13.4. The number of benzene rings is 3. The molecule has 0 bridgehead atoms. The van der Waals surface area contributed by atoms with E-state index in [0.717, 1.165) is 27.7 Å². The van der Waals surface area contributed by atoms with E-state index in [-0.39, 0.29) is 17.9 Å². The lowest BCUT2D eigenvalue weighted by atomic mass is 9.97. The number of nitrogens with zero attached hydrogens (tertiary/aromatic N) is 1. The van der Waals surface area contributed by atoms with E-state index >= 15 is 0 Å². The number of H-pyrrole nitrogens is 1. The summed E-state index contributed by atoms with van der Waals surface area (Å²) in [7, 11) is 0. The molecular formula is C25H22N4O2. The maximum absolute atomic E-state index is 13.4. The number of rotatable bonds is 5. The third kappa shape index (κ3) is 3.22. The van der Waals surface area contributed by atoms with Gasteiger partial charge in [-0.1, -0.05) is 54.6 Å². The van der Waals surface area contributed by atoms with Crippen LogP contribution >= 0.6 is 0 Å². The van der Waals surface area contributed by atoms with Crippen LogP contribution < -0.4 is 10.9 Å². The molecule has 1 aliphatic heterocycles. The van der Waals surface area contributed by atoms with Crippen LogP contribution in [-0.4, -0.2) is 27.7 Å². The zero-order valence-corrected chi connectivity index (χ0v) is 17.0. The third-order valence-corrected chi connectivity index (χ3v) is 5.81. The predicted octanol–water partition coefficient (Wildman–Crippen LogP) is 4.24. The van der Waals surface area contributed by atoms with Crippen molar-refractivity contribution in [1.82, 2.24) is 15.3 Å². The van der Waals surface area contributed by atoms with Crippen LogP contribution in [0, 0.1) is 0 Å². The SMILES string of the molecule is CC(C(=O)NNc1ccccc1)N1C(=O)c2ccccc2C1c1c[nH]c2ccccc12. The van der Waals surface area contributed by atoms with E-state index in [2.05, 4.69) is 15.8 Å². The topological polar surface area (TPSA) is 77.2 Å². The first kappa shape index (κ1) is 18.9. The first-order valence-corrected chi connectivity index (χ1v) is 10.2. The molecule has 0 fully saturated rings. The molecule has 6 heteroatoms. The second-order valence-electron chi connectivity index (χ2n) is 7.65. The molecule has 0 aliphatic carbocycles. The average Bonchev–Trinajstić information content (AvgIpc) is 3.36. The second kappa shape index (κ2) is 7.65. The van der Waals surface area contributed by atoms with E-state index in [1.807, 2.05) is 85.1 Å². The molecular weight excluding hydrogens is 388 g/mol. The van der Waals surface area contributed by atoms with Crippen LogP contribution in [-0.2, 0) is 4.79 Å². The number of aromatic nitrogens is 1. The van der Waals surface area contributed by atoms with E-state index < -0.39 is 6.04 Å². The number of amides is 2. The normalized spacial score (nSPS) is 16.2. The summed E-state index contributed by atoms with van der Waals surface area (Å²) in [5.74, 6) is -0.428. The van der Waals surface area contributed by atoms with Gasteiger partial charge < -0.3 is 9.88 Å². The Balaban J connectivity index is 1.50. The Labute approximate surface area is 179 Å². The van der Waals surface area contributed by atoms with E-state index in [1.165, 1.54) is 0 Å². The van der Waals surface area contributed by atoms with Crippen molar-refractivity contribution < 1.29 is 9.59 Å². The molecule has 1 aromatic heterocycles. The van der Waals surface area contributed by atoms with Crippen molar-refractivity contribution in [3.63, 3.8) is 0 Å². The molecule has 0 radical (unpaired) electrons. The molecule has 0 saturated carbocycles. The Morgan fingerprint density at radius 2 is 1.65 bits per heavy atom. The molecule has 6 nitrogen and oxygen atoms in total. The van der Waals surface area contributed by atoms with Crippen molar-refractivity contribution >= 4 is 28.4 Å². The first-order valence-electron chi connectivity index (χ1n) is 10.2. The highest BCUT2D eigenvalue weighted by Crippen LogP contribution is 2.42. The van der Waals surface area contributed by atoms with Gasteiger partial charge in [-0.2, -0.15) is 0 Å². The van der Waals surface area contributed by atoms with Gasteiger partial charge >= 0.3 is 0 Å². The quantitative estimate of drug-likeness (QED) is 0.431. The molecule has 2 heterocycles.